The number of hydrogen-bond donors (Lipinski definition) is 2. The summed E-state index contributed by atoms with van der Waals surface area (Å²) >= 11 is 0. The highest BCUT2D eigenvalue weighted by Gasteiger charge is 2.37. The van der Waals surface area contributed by atoms with E-state index in [0.717, 1.165) is 19.3 Å². The third kappa shape index (κ3) is 3.14. The Morgan fingerprint density at radius 2 is 1.77 bits per heavy atom. The lowest BCUT2D eigenvalue weighted by Crippen LogP contribution is -2.42. The molecule has 5 nitrogen and oxygen atoms in total. The van der Waals surface area contributed by atoms with Gasteiger partial charge in [0.15, 0.2) is 6.10 Å². The molecular weight excluding hydrogens is 282 g/mol. The van der Waals surface area contributed by atoms with Crippen LogP contribution in [0, 0.1) is 0 Å². The van der Waals surface area contributed by atoms with Crippen molar-refractivity contribution in [1.82, 2.24) is 5.32 Å². The maximum Gasteiger partial charge on any atom is 0.332 e. The van der Waals surface area contributed by atoms with Crippen LogP contribution in [0.3, 0.4) is 0 Å². The van der Waals surface area contributed by atoms with Crippen molar-refractivity contribution in [2.24, 2.45) is 0 Å². The van der Waals surface area contributed by atoms with Gasteiger partial charge in [-0.05, 0) is 31.2 Å². The lowest BCUT2D eigenvalue weighted by molar-refractivity contribution is -0.151. The molecule has 2 aliphatic rings. The van der Waals surface area contributed by atoms with Crippen molar-refractivity contribution in [2.75, 3.05) is 0 Å². The Kier molecular flexibility index (Phi) is 4.43. The molecule has 4 atom stereocenters. The molecule has 0 unspecified atom stereocenters. The van der Waals surface area contributed by atoms with Crippen molar-refractivity contribution >= 4 is 11.9 Å². The van der Waals surface area contributed by atoms with E-state index in [0.29, 0.717) is 18.8 Å². The zero-order valence-corrected chi connectivity index (χ0v) is 12.4. The van der Waals surface area contributed by atoms with Crippen LogP contribution in [0.1, 0.15) is 43.6 Å². The molecule has 1 aliphatic heterocycles. The van der Waals surface area contributed by atoms with Gasteiger partial charge in [-0.3, -0.25) is 4.79 Å². The molecule has 118 valence electrons. The number of nitrogens with one attached hydrogen (secondary N) is 1. The van der Waals surface area contributed by atoms with E-state index in [1.54, 1.807) is 0 Å². The highest BCUT2D eigenvalue weighted by atomic mass is 16.5. The molecule has 1 saturated heterocycles. The van der Waals surface area contributed by atoms with Gasteiger partial charge in [-0.25, -0.2) is 4.79 Å². The fourth-order valence-corrected chi connectivity index (χ4v) is 3.52. The van der Waals surface area contributed by atoms with Crippen LogP contribution in [0.2, 0.25) is 0 Å². The number of carboxylic acid groups (broad SMARTS) is 1. The van der Waals surface area contributed by atoms with Crippen molar-refractivity contribution in [2.45, 2.75) is 56.3 Å². The van der Waals surface area contributed by atoms with Gasteiger partial charge in [0.05, 0.1) is 0 Å². The second kappa shape index (κ2) is 6.48. The third-order valence-electron chi connectivity index (χ3n) is 4.66. The molecular formula is C17H21NO4. The summed E-state index contributed by atoms with van der Waals surface area (Å²) in [5.41, 5.74) is 1.25. The summed E-state index contributed by atoms with van der Waals surface area (Å²) in [6.45, 7) is 0. The Labute approximate surface area is 129 Å². The van der Waals surface area contributed by atoms with E-state index < -0.39 is 18.2 Å². The van der Waals surface area contributed by atoms with E-state index in [1.807, 2.05) is 18.2 Å². The first kappa shape index (κ1) is 15.0. The molecule has 0 spiro atoms. The number of hydrogen-bond acceptors (Lipinski definition) is 3. The average Bonchev–Trinajstić information content (AvgIpc) is 3.17. The maximum absolute atomic E-state index is 12.3. The highest BCUT2D eigenvalue weighted by molar-refractivity contribution is 5.83. The van der Waals surface area contributed by atoms with Gasteiger partial charge in [-0.1, -0.05) is 36.8 Å². The number of carboxylic acids is 1. The van der Waals surface area contributed by atoms with Crippen molar-refractivity contribution in [3.05, 3.63) is 35.9 Å². The number of ether oxygens (including phenoxy) is 1. The van der Waals surface area contributed by atoms with Gasteiger partial charge in [-0.15, -0.1) is 0 Å². The van der Waals surface area contributed by atoms with E-state index >= 15 is 0 Å². The molecule has 2 N–H and O–H groups in total. The zero-order valence-electron chi connectivity index (χ0n) is 12.4. The van der Waals surface area contributed by atoms with Crippen LogP contribution < -0.4 is 5.32 Å². The monoisotopic (exact) mass is 303 g/mol. The fraction of sp³-hybridized carbons (Fsp3) is 0.529. The number of carbonyl (C=O) groups is 2. The lowest BCUT2D eigenvalue weighted by Gasteiger charge is -2.23. The summed E-state index contributed by atoms with van der Waals surface area (Å²) in [4.78, 5) is 23.2. The number of benzene rings is 1. The largest absolute Gasteiger partial charge is 0.479 e. The first-order valence-corrected chi connectivity index (χ1v) is 7.88. The molecule has 0 bridgehead atoms. The van der Waals surface area contributed by atoms with E-state index in [2.05, 4.69) is 17.4 Å². The number of aliphatic carboxylic acids is 1. The summed E-state index contributed by atoms with van der Waals surface area (Å²) in [5.74, 6) is -0.822. The van der Waals surface area contributed by atoms with E-state index in [1.165, 1.54) is 5.56 Å². The van der Waals surface area contributed by atoms with Gasteiger partial charge < -0.3 is 15.2 Å². The van der Waals surface area contributed by atoms with Crippen LogP contribution in [-0.4, -0.2) is 35.2 Å². The predicted molar refractivity (Wildman–Crippen MR) is 80.5 cm³/mol. The second-order valence-electron chi connectivity index (χ2n) is 6.09. The predicted octanol–water partition coefficient (Wildman–Crippen LogP) is 2.07. The van der Waals surface area contributed by atoms with Crippen LogP contribution in [0.25, 0.3) is 0 Å². The lowest BCUT2D eigenvalue weighted by atomic mass is 9.94. The Hall–Kier alpha value is -1.88. The van der Waals surface area contributed by atoms with Crippen molar-refractivity contribution in [3.8, 4) is 0 Å². The fourth-order valence-electron chi connectivity index (χ4n) is 3.52. The number of amides is 1. The zero-order chi connectivity index (χ0) is 15.5. The molecule has 0 radical (unpaired) electrons. The molecule has 1 amide bonds. The summed E-state index contributed by atoms with van der Waals surface area (Å²) in [6, 6.07) is 10.3. The quantitative estimate of drug-likeness (QED) is 0.893. The molecule has 1 aliphatic carbocycles. The molecule has 3 rings (SSSR count). The minimum atomic E-state index is -0.988. The molecule has 1 aromatic rings. The molecule has 1 saturated carbocycles. The minimum Gasteiger partial charge on any atom is -0.479 e. The average molecular weight is 303 g/mol. The van der Waals surface area contributed by atoms with Gasteiger partial charge in [0.25, 0.3) is 0 Å². The normalized spacial score (nSPS) is 31.1. The Bertz CT molecular complexity index is 545. The van der Waals surface area contributed by atoms with Gasteiger partial charge >= 0.3 is 5.97 Å². The Balaban J connectivity index is 1.60. The van der Waals surface area contributed by atoms with Crippen LogP contribution in [0.4, 0.5) is 0 Å². The summed E-state index contributed by atoms with van der Waals surface area (Å²) in [6.07, 6.45) is 2.53. The van der Waals surface area contributed by atoms with Crippen molar-refractivity contribution < 1.29 is 19.4 Å². The van der Waals surface area contributed by atoms with E-state index in [9.17, 15) is 9.59 Å². The maximum atomic E-state index is 12.3. The molecule has 1 heterocycles. The molecule has 5 heteroatoms. The summed E-state index contributed by atoms with van der Waals surface area (Å²) in [5, 5.41) is 12.0. The number of rotatable bonds is 4. The van der Waals surface area contributed by atoms with Gasteiger partial charge in [0.1, 0.15) is 6.10 Å². The highest BCUT2D eigenvalue weighted by Crippen LogP contribution is 2.34. The van der Waals surface area contributed by atoms with Gasteiger partial charge in [0.2, 0.25) is 5.91 Å². The van der Waals surface area contributed by atoms with Gasteiger partial charge in [-0.2, -0.15) is 0 Å². The smallest absolute Gasteiger partial charge is 0.332 e. The summed E-state index contributed by atoms with van der Waals surface area (Å²) in [7, 11) is 0. The Morgan fingerprint density at radius 1 is 1.05 bits per heavy atom. The molecule has 22 heavy (non-hydrogen) atoms. The second-order valence-corrected chi connectivity index (χ2v) is 6.09. The van der Waals surface area contributed by atoms with Crippen LogP contribution in [-0.2, 0) is 14.3 Å². The van der Waals surface area contributed by atoms with Crippen molar-refractivity contribution in [3.63, 3.8) is 0 Å². The SMILES string of the molecule is O=C(N[C@@H]1CCC[C@H]1c1ccccc1)[C@@H]1CC[C@H](C(=O)O)O1. The topological polar surface area (TPSA) is 75.6 Å². The van der Waals surface area contributed by atoms with Crippen LogP contribution in [0.5, 0.6) is 0 Å². The minimum absolute atomic E-state index is 0.113. The van der Waals surface area contributed by atoms with Crippen LogP contribution in [0.15, 0.2) is 30.3 Å². The third-order valence-corrected chi connectivity index (χ3v) is 4.66. The van der Waals surface area contributed by atoms with E-state index in [4.69, 9.17) is 9.84 Å². The summed E-state index contributed by atoms with van der Waals surface area (Å²) < 4.78 is 5.32. The molecule has 2 fully saturated rings. The van der Waals surface area contributed by atoms with Gasteiger partial charge in [0, 0.05) is 12.0 Å². The molecule has 1 aromatic carbocycles. The van der Waals surface area contributed by atoms with E-state index in [-0.39, 0.29) is 11.9 Å². The first-order valence-electron chi connectivity index (χ1n) is 7.88. The number of carbonyl (C=O) groups excluding carboxylic acids is 1. The standard InChI is InChI=1S/C17H21NO4/c19-16(14-9-10-15(22-14)17(20)21)18-13-8-4-7-12(13)11-5-2-1-3-6-11/h1-3,5-6,12-15H,4,7-10H2,(H,18,19)(H,20,21)/t12-,13+,14-,15+/m0/s1. The van der Waals surface area contributed by atoms with Crippen LogP contribution >= 0.6 is 0 Å². The first-order chi connectivity index (χ1) is 10.6. The van der Waals surface area contributed by atoms with Crippen molar-refractivity contribution in [1.29, 1.82) is 0 Å². The Morgan fingerprint density at radius 3 is 2.45 bits per heavy atom. The molecule has 0 aromatic heterocycles.